The van der Waals surface area contributed by atoms with Gasteiger partial charge in [0.15, 0.2) is 0 Å². The zero-order valence-electron chi connectivity index (χ0n) is 13.3. The minimum Gasteiger partial charge on any atom is -0.351 e. The third-order valence-corrected chi connectivity index (χ3v) is 4.26. The summed E-state index contributed by atoms with van der Waals surface area (Å²) in [5.74, 6) is 7.83. The summed E-state index contributed by atoms with van der Waals surface area (Å²) >= 11 is 0. The van der Waals surface area contributed by atoms with Crippen LogP contribution in [-0.4, -0.2) is 34.1 Å². The fraction of sp³-hybridized carbons (Fsp3) is 0.786. The van der Waals surface area contributed by atoms with Gasteiger partial charge in [-0.25, -0.2) is 5.84 Å². The lowest BCUT2D eigenvalue weighted by molar-refractivity contribution is 0.480. The van der Waals surface area contributed by atoms with Crippen LogP contribution < -0.4 is 21.5 Å². The summed E-state index contributed by atoms with van der Waals surface area (Å²) in [4.78, 5) is 15.3. The highest BCUT2D eigenvalue weighted by molar-refractivity contribution is 5.43. The molecule has 1 heterocycles. The predicted octanol–water partition coefficient (Wildman–Crippen LogP) is 1.99. The van der Waals surface area contributed by atoms with Gasteiger partial charge in [0.25, 0.3) is 0 Å². The monoisotopic (exact) mass is 293 g/mol. The predicted molar refractivity (Wildman–Crippen MR) is 86.2 cm³/mol. The largest absolute Gasteiger partial charge is 0.351 e. The molecule has 0 aromatic carbocycles. The van der Waals surface area contributed by atoms with Crippen LogP contribution in [0.3, 0.4) is 0 Å². The molecule has 1 aromatic rings. The van der Waals surface area contributed by atoms with E-state index < -0.39 is 0 Å². The smallest absolute Gasteiger partial charge is 0.243 e. The van der Waals surface area contributed by atoms with E-state index >= 15 is 0 Å². The van der Waals surface area contributed by atoms with Gasteiger partial charge < -0.3 is 10.2 Å². The van der Waals surface area contributed by atoms with Gasteiger partial charge in [0, 0.05) is 19.1 Å². The maximum absolute atomic E-state index is 5.47. The first-order valence-corrected chi connectivity index (χ1v) is 7.92. The average molecular weight is 293 g/mol. The van der Waals surface area contributed by atoms with Crippen LogP contribution in [0.4, 0.5) is 17.8 Å². The zero-order valence-corrected chi connectivity index (χ0v) is 13.3. The van der Waals surface area contributed by atoms with E-state index in [1.54, 1.807) is 0 Å². The molecule has 4 N–H and O–H groups in total. The molecule has 1 aliphatic carbocycles. The molecule has 1 atom stereocenters. The number of hydrogen-bond donors (Lipinski definition) is 3. The number of nitrogens with one attached hydrogen (secondary N) is 2. The number of nitrogens with two attached hydrogens (primary N) is 1. The van der Waals surface area contributed by atoms with E-state index in [1.807, 2.05) is 0 Å². The van der Waals surface area contributed by atoms with Crippen molar-refractivity contribution < 1.29 is 0 Å². The number of hydrogen-bond acceptors (Lipinski definition) is 7. The topological polar surface area (TPSA) is 92.0 Å². The lowest BCUT2D eigenvalue weighted by Crippen LogP contribution is -2.28. The molecule has 0 amide bonds. The molecule has 1 aliphatic rings. The number of hydrazine groups is 1. The Balaban J connectivity index is 2.15. The molecular formula is C14H27N7. The lowest BCUT2D eigenvalue weighted by atomic mass is 10.0. The van der Waals surface area contributed by atoms with Crippen LogP contribution in [0.15, 0.2) is 0 Å². The van der Waals surface area contributed by atoms with E-state index in [2.05, 4.69) is 51.4 Å². The molecule has 0 radical (unpaired) electrons. The maximum atomic E-state index is 5.47. The van der Waals surface area contributed by atoms with Crippen LogP contribution in [0.5, 0.6) is 0 Å². The van der Waals surface area contributed by atoms with Crippen LogP contribution in [0.1, 0.15) is 46.5 Å². The molecule has 0 bridgehead atoms. The van der Waals surface area contributed by atoms with Crippen molar-refractivity contribution in [2.75, 3.05) is 28.7 Å². The fourth-order valence-corrected chi connectivity index (χ4v) is 2.92. The Morgan fingerprint density at radius 1 is 1.14 bits per heavy atom. The fourth-order valence-electron chi connectivity index (χ4n) is 2.92. The van der Waals surface area contributed by atoms with Gasteiger partial charge in [-0.05, 0) is 39.5 Å². The number of nitrogen functional groups attached to an aromatic ring is 1. The summed E-state index contributed by atoms with van der Waals surface area (Å²) in [6.45, 7) is 8.06. The Hall–Kier alpha value is -1.63. The molecule has 0 spiro atoms. The van der Waals surface area contributed by atoms with Crippen molar-refractivity contribution in [1.29, 1.82) is 0 Å². The van der Waals surface area contributed by atoms with Gasteiger partial charge in [-0.15, -0.1) is 0 Å². The molecule has 0 saturated heterocycles. The van der Waals surface area contributed by atoms with Crippen molar-refractivity contribution in [3.63, 3.8) is 0 Å². The van der Waals surface area contributed by atoms with Crippen molar-refractivity contribution in [3.05, 3.63) is 0 Å². The summed E-state index contributed by atoms with van der Waals surface area (Å²) in [7, 11) is 0. The molecule has 1 aromatic heterocycles. The Labute approximate surface area is 126 Å². The summed E-state index contributed by atoms with van der Waals surface area (Å²) in [6, 6.07) is 0.366. The Morgan fingerprint density at radius 3 is 2.33 bits per heavy atom. The van der Waals surface area contributed by atoms with Gasteiger partial charge in [-0.1, -0.05) is 12.8 Å². The lowest BCUT2D eigenvalue weighted by Gasteiger charge is -2.23. The van der Waals surface area contributed by atoms with Crippen molar-refractivity contribution >= 4 is 17.8 Å². The standard InChI is InChI=1S/C14H27N7/c1-4-21(5-2)14-18-12(17-13(19-14)20-15)16-10(3)11-8-6-7-9-11/h10-11H,4-9,15H2,1-3H3,(H2,16,17,18,19,20). The molecule has 118 valence electrons. The van der Waals surface area contributed by atoms with E-state index in [1.165, 1.54) is 25.7 Å². The molecular weight excluding hydrogens is 266 g/mol. The zero-order chi connectivity index (χ0) is 15.2. The Morgan fingerprint density at radius 2 is 1.76 bits per heavy atom. The van der Waals surface area contributed by atoms with Gasteiger partial charge in [-0.3, -0.25) is 5.43 Å². The van der Waals surface area contributed by atoms with Crippen molar-refractivity contribution in [3.8, 4) is 0 Å². The molecule has 1 saturated carbocycles. The van der Waals surface area contributed by atoms with E-state index in [0.29, 0.717) is 29.8 Å². The third-order valence-electron chi connectivity index (χ3n) is 4.26. The molecule has 1 unspecified atom stereocenters. The van der Waals surface area contributed by atoms with E-state index in [-0.39, 0.29) is 0 Å². The molecule has 7 heteroatoms. The van der Waals surface area contributed by atoms with Crippen LogP contribution in [-0.2, 0) is 0 Å². The summed E-state index contributed by atoms with van der Waals surface area (Å²) in [6.07, 6.45) is 5.22. The van der Waals surface area contributed by atoms with Gasteiger partial charge in [0.1, 0.15) is 0 Å². The average Bonchev–Trinajstić information content (AvgIpc) is 3.02. The molecule has 7 nitrogen and oxygen atoms in total. The van der Waals surface area contributed by atoms with Crippen molar-refractivity contribution in [2.24, 2.45) is 11.8 Å². The second-order valence-corrected chi connectivity index (χ2v) is 5.58. The number of anilines is 3. The second-order valence-electron chi connectivity index (χ2n) is 5.58. The first-order chi connectivity index (χ1) is 10.2. The van der Waals surface area contributed by atoms with Gasteiger partial charge in [0.05, 0.1) is 0 Å². The van der Waals surface area contributed by atoms with E-state index in [4.69, 9.17) is 5.84 Å². The van der Waals surface area contributed by atoms with Crippen LogP contribution >= 0.6 is 0 Å². The molecule has 0 aliphatic heterocycles. The molecule has 1 fully saturated rings. The number of nitrogens with zero attached hydrogens (tertiary/aromatic N) is 4. The van der Waals surface area contributed by atoms with Gasteiger partial charge in [0.2, 0.25) is 17.8 Å². The van der Waals surface area contributed by atoms with Crippen LogP contribution in [0.25, 0.3) is 0 Å². The SMILES string of the molecule is CCN(CC)c1nc(NN)nc(NC(C)C2CCCC2)n1. The molecule has 2 rings (SSSR count). The third kappa shape index (κ3) is 3.93. The van der Waals surface area contributed by atoms with Crippen LogP contribution in [0.2, 0.25) is 0 Å². The summed E-state index contributed by atoms with van der Waals surface area (Å²) < 4.78 is 0. The summed E-state index contributed by atoms with van der Waals surface area (Å²) in [5, 5.41) is 3.42. The highest BCUT2D eigenvalue weighted by atomic mass is 15.4. The minimum atomic E-state index is 0.366. The van der Waals surface area contributed by atoms with Crippen LogP contribution in [0, 0.1) is 5.92 Å². The number of aromatic nitrogens is 3. The molecule has 21 heavy (non-hydrogen) atoms. The van der Waals surface area contributed by atoms with Gasteiger partial charge >= 0.3 is 0 Å². The first-order valence-electron chi connectivity index (χ1n) is 7.92. The minimum absolute atomic E-state index is 0.366. The highest BCUT2D eigenvalue weighted by Gasteiger charge is 2.22. The highest BCUT2D eigenvalue weighted by Crippen LogP contribution is 2.29. The quantitative estimate of drug-likeness (QED) is 0.523. The van der Waals surface area contributed by atoms with Crippen molar-refractivity contribution in [2.45, 2.75) is 52.5 Å². The van der Waals surface area contributed by atoms with Crippen molar-refractivity contribution in [1.82, 2.24) is 15.0 Å². The maximum Gasteiger partial charge on any atom is 0.243 e. The van der Waals surface area contributed by atoms with E-state index in [0.717, 1.165) is 13.1 Å². The Kier molecular flexibility index (Phi) is 5.55. The first kappa shape index (κ1) is 15.8. The Bertz CT molecular complexity index is 441. The summed E-state index contributed by atoms with van der Waals surface area (Å²) in [5.41, 5.74) is 2.52. The number of rotatable bonds is 7. The van der Waals surface area contributed by atoms with Gasteiger partial charge in [-0.2, -0.15) is 15.0 Å². The normalized spacial score (nSPS) is 16.8. The second kappa shape index (κ2) is 7.40. The van der Waals surface area contributed by atoms with E-state index in [9.17, 15) is 0 Å².